The van der Waals surface area contributed by atoms with Gasteiger partial charge in [0.25, 0.3) is 0 Å². The van der Waals surface area contributed by atoms with E-state index < -0.39 is 12.3 Å². The van der Waals surface area contributed by atoms with Gasteiger partial charge < -0.3 is 24.2 Å². The van der Waals surface area contributed by atoms with Gasteiger partial charge in [-0.05, 0) is 12.7 Å². The molecule has 1 unspecified atom stereocenters. The summed E-state index contributed by atoms with van der Waals surface area (Å²) >= 11 is 1.49. The lowest BCUT2D eigenvalue weighted by molar-refractivity contribution is -0.0616. The number of carbonyl (C=O) groups is 1. The zero-order valence-corrected chi connectivity index (χ0v) is 20.3. The average molecular weight is 470 g/mol. The van der Waals surface area contributed by atoms with Crippen molar-refractivity contribution in [3.05, 3.63) is 6.33 Å². The summed E-state index contributed by atoms with van der Waals surface area (Å²) in [6.45, 7) is 2.20. The number of rotatable bonds is 15. The van der Waals surface area contributed by atoms with E-state index in [4.69, 9.17) is 14.2 Å². The number of hydrogen-bond donors (Lipinski definition) is 1. The van der Waals surface area contributed by atoms with Crippen LogP contribution in [0.15, 0.2) is 11.4 Å². The maximum absolute atomic E-state index is 11.8. The fourth-order valence-electron chi connectivity index (χ4n) is 2.92. The Labute approximate surface area is 193 Å². The van der Waals surface area contributed by atoms with Crippen molar-refractivity contribution in [1.82, 2.24) is 19.5 Å². The van der Waals surface area contributed by atoms with Crippen LogP contribution >= 0.6 is 11.8 Å². The Balaban J connectivity index is 1.80. The Morgan fingerprint density at radius 2 is 1.94 bits per heavy atom. The number of aliphatic hydroxyl groups excluding tert-OH is 1. The van der Waals surface area contributed by atoms with Gasteiger partial charge in [-0.3, -0.25) is 4.57 Å². The number of carbonyl (C=O) groups excluding carboxylic acids is 1. The number of imidazole rings is 1. The fraction of sp³-hybridized carbons (Fsp3) is 0.714. The molecule has 0 aromatic carbocycles. The standard InChI is InChI=1S/C21H35N5O5S/c1-5-6-7-8-9-10-11-29-21(28)30-13-16(12-27)31-15-26-14-22-17-18(26)23-20(25(2)3)24-19(17)32-4/h14,16,27H,5-13,15H2,1-4H3. The Hall–Kier alpha value is -2.11. The van der Waals surface area contributed by atoms with E-state index in [2.05, 4.69) is 21.9 Å². The van der Waals surface area contributed by atoms with E-state index in [1.165, 1.54) is 31.0 Å². The number of thioether (sulfide) groups is 1. The van der Waals surface area contributed by atoms with Crippen molar-refractivity contribution >= 4 is 35.0 Å². The van der Waals surface area contributed by atoms with Gasteiger partial charge in [0.05, 0.1) is 19.5 Å². The highest BCUT2D eigenvalue weighted by molar-refractivity contribution is 7.98. The molecule has 1 atom stereocenters. The molecule has 2 rings (SSSR count). The molecule has 11 heteroatoms. The van der Waals surface area contributed by atoms with E-state index in [0.717, 1.165) is 24.3 Å². The van der Waals surface area contributed by atoms with Crippen LogP contribution in [-0.4, -0.2) is 77.1 Å². The summed E-state index contributed by atoms with van der Waals surface area (Å²) in [5.74, 6) is 0.568. The topological polar surface area (TPSA) is 112 Å². The van der Waals surface area contributed by atoms with Crippen molar-refractivity contribution in [2.24, 2.45) is 0 Å². The third kappa shape index (κ3) is 8.10. The molecule has 180 valence electrons. The molecule has 10 nitrogen and oxygen atoms in total. The minimum absolute atomic E-state index is 0.0929. The van der Waals surface area contributed by atoms with Crippen molar-refractivity contribution < 1.29 is 24.1 Å². The molecule has 0 fully saturated rings. The van der Waals surface area contributed by atoms with Crippen LogP contribution in [-0.2, 0) is 20.9 Å². The molecule has 2 heterocycles. The zero-order chi connectivity index (χ0) is 23.3. The average Bonchev–Trinajstić information content (AvgIpc) is 3.21. The predicted octanol–water partition coefficient (Wildman–Crippen LogP) is 3.46. The van der Waals surface area contributed by atoms with Crippen LogP contribution < -0.4 is 4.90 Å². The number of fused-ring (bicyclic) bond motifs is 1. The van der Waals surface area contributed by atoms with Crippen LogP contribution in [0.2, 0.25) is 0 Å². The minimum atomic E-state index is -0.748. The highest BCUT2D eigenvalue weighted by Crippen LogP contribution is 2.24. The van der Waals surface area contributed by atoms with E-state index in [-0.39, 0.29) is 19.9 Å². The first-order valence-electron chi connectivity index (χ1n) is 11.0. The molecule has 0 aliphatic heterocycles. The smallest absolute Gasteiger partial charge is 0.434 e. The second kappa shape index (κ2) is 14.1. The number of unbranched alkanes of at least 4 members (excludes halogenated alkanes) is 5. The molecule has 0 saturated heterocycles. The summed E-state index contributed by atoms with van der Waals surface area (Å²) in [6.07, 6.45) is 8.77. The molecular formula is C21H35N5O5S. The fourth-order valence-corrected chi connectivity index (χ4v) is 3.43. The monoisotopic (exact) mass is 469 g/mol. The van der Waals surface area contributed by atoms with Gasteiger partial charge >= 0.3 is 6.16 Å². The van der Waals surface area contributed by atoms with E-state index in [1.807, 2.05) is 25.3 Å². The zero-order valence-electron chi connectivity index (χ0n) is 19.5. The quantitative estimate of drug-likeness (QED) is 0.180. The van der Waals surface area contributed by atoms with Crippen LogP contribution in [0, 0.1) is 0 Å². The number of hydrogen-bond acceptors (Lipinski definition) is 10. The second-order valence-electron chi connectivity index (χ2n) is 7.59. The third-order valence-corrected chi connectivity index (χ3v) is 5.44. The molecule has 0 spiro atoms. The highest BCUT2D eigenvalue weighted by atomic mass is 32.2. The SMILES string of the molecule is CCCCCCCCOC(=O)OCC(CO)OCn1cnc2c(SC)nc(N(C)C)nc21. The first-order chi connectivity index (χ1) is 15.5. The van der Waals surface area contributed by atoms with Gasteiger partial charge in [-0.25, -0.2) is 14.8 Å². The number of nitrogens with zero attached hydrogens (tertiary/aromatic N) is 5. The molecule has 0 amide bonds. The van der Waals surface area contributed by atoms with E-state index in [1.54, 1.807) is 10.9 Å². The van der Waals surface area contributed by atoms with E-state index >= 15 is 0 Å². The minimum Gasteiger partial charge on any atom is -0.434 e. The molecule has 2 aromatic heterocycles. The van der Waals surface area contributed by atoms with Gasteiger partial charge in [0.1, 0.15) is 30.0 Å². The van der Waals surface area contributed by atoms with Crippen molar-refractivity contribution in [2.75, 3.05) is 45.1 Å². The first kappa shape index (κ1) is 26.1. The van der Waals surface area contributed by atoms with Crippen LogP contribution in [0.1, 0.15) is 45.4 Å². The van der Waals surface area contributed by atoms with E-state index in [0.29, 0.717) is 23.7 Å². The van der Waals surface area contributed by atoms with Crippen molar-refractivity contribution in [1.29, 1.82) is 0 Å². The summed E-state index contributed by atoms with van der Waals surface area (Å²) in [6, 6.07) is 0. The van der Waals surface area contributed by atoms with Crippen LogP contribution in [0.25, 0.3) is 11.2 Å². The lowest BCUT2D eigenvalue weighted by atomic mass is 10.1. The van der Waals surface area contributed by atoms with Gasteiger partial charge in [0.15, 0.2) is 5.65 Å². The van der Waals surface area contributed by atoms with Crippen molar-refractivity contribution in [3.63, 3.8) is 0 Å². The molecule has 0 aliphatic rings. The van der Waals surface area contributed by atoms with Gasteiger partial charge in [-0.2, -0.15) is 4.98 Å². The normalized spacial score (nSPS) is 12.2. The molecule has 2 aromatic rings. The number of ether oxygens (including phenoxy) is 3. The van der Waals surface area contributed by atoms with Gasteiger partial charge in [-0.1, -0.05) is 39.0 Å². The number of aliphatic hydroxyl groups is 1. The van der Waals surface area contributed by atoms with Crippen LogP contribution in [0.4, 0.5) is 10.7 Å². The second-order valence-corrected chi connectivity index (χ2v) is 8.39. The molecule has 0 aliphatic carbocycles. The van der Waals surface area contributed by atoms with Crippen molar-refractivity contribution in [3.8, 4) is 0 Å². The molecule has 0 radical (unpaired) electrons. The Morgan fingerprint density at radius 3 is 2.62 bits per heavy atom. The lowest BCUT2D eigenvalue weighted by Gasteiger charge is -2.16. The van der Waals surface area contributed by atoms with Gasteiger partial charge in [-0.15, -0.1) is 11.8 Å². The van der Waals surface area contributed by atoms with Gasteiger partial charge in [0.2, 0.25) is 5.95 Å². The number of aromatic nitrogens is 4. The highest BCUT2D eigenvalue weighted by Gasteiger charge is 2.16. The maximum Gasteiger partial charge on any atom is 0.508 e. The Morgan fingerprint density at radius 1 is 1.19 bits per heavy atom. The summed E-state index contributed by atoms with van der Waals surface area (Å²) in [5.41, 5.74) is 1.31. The maximum atomic E-state index is 11.8. The summed E-state index contributed by atoms with van der Waals surface area (Å²) in [7, 11) is 3.74. The largest absolute Gasteiger partial charge is 0.508 e. The summed E-state index contributed by atoms with van der Waals surface area (Å²) in [4.78, 5) is 27.0. The molecule has 32 heavy (non-hydrogen) atoms. The third-order valence-electron chi connectivity index (χ3n) is 4.77. The molecular weight excluding hydrogens is 434 g/mol. The summed E-state index contributed by atoms with van der Waals surface area (Å²) in [5, 5.41) is 10.4. The van der Waals surface area contributed by atoms with E-state index in [9.17, 15) is 9.90 Å². The molecule has 0 bridgehead atoms. The lowest BCUT2D eigenvalue weighted by Crippen LogP contribution is -2.27. The Bertz CT molecular complexity index is 832. The van der Waals surface area contributed by atoms with Gasteiger partial charge in [0, 0.05) is 14.1 Å². The van der Waals surface area contributed by atoms with Crippen LogP contribution in [0.5, 0.6) is 0 Å². The first-order valence-corrected chi connectivity index (χ1v) is 12.2. The summed E-state index contributed by atoms with van der Waals surface area (Å²) < 4.78 is 17.6. The Kier molecular flexibility index (Phi) is 11.5. The predicted molar refractivity (Wildman–Crippen MR) is 124 cm³/mol. The molecule has 1 N–H and O–H groups in total. The van der Waals surface area contributed by atoms with Crippen LogP contribution in [0.3, 0.4) is 0 Å². The molecule has 0 saturated carbocycles. The van der Waals surface area contributed by atoms with Crippen molar-refractivity contribution in [2.45, 2.75) is 63.3 Å². The number of anilines is 1.